The van der Waals surface area contributed by atoms with Gasteiger partial charge in [-0.25, -0.2) is 0 Å². The van der Waals surface area contributed by atoms with Gasteiger partial charge in [0.1, 0.15) is 6.61 Å². The van der Waals surface area contributed by atoms with Gasteiger partial charge in [-0.05, 0) is 65.7 Å². The summed E-state index contributed by atoms with van der Waals surface area (Å²) in [4.78, 5) is 14.9. The summed E-state index contributed by atoms with van der Waals surface area (Å²) < 4.78 is 41.4. The average molecular weight is 583 g/mol. The van der Waals surface area contributed by atoms with E-state index in [9.17, 15) is 13.2 Å². The molecule has 0 N–H and O–H groups in total. The summed E-state index contributed by atoms with van der Waals surface area (Å²) in [7, 11) is -2.49. The molecular weight excluding hydrogens is 556 g/mol. The molecule has 3 aromatic carbocycles. The van der Waals surface area contributed by atoms with Crippen molar-refractivity contribution in [1.82, 2.24) is 4.90 Å². The second-order valence-corrected chi connectivity index (χ2v) is 11.5. The molecule has 1 fully saturated rings. The molecule has 0 bridgehead atoms. The van der Waals surface area contributed by atoms with Gasteiger partial charge < -0.3 is 9.47 Å². The Kier molecular flexibility index (Phi) is 9.16. The van der Waals surface area contributed by atoms with E-state index < -0.39 is 10.0 Å². The molecule has 3 aromatic rings. The molecule has 0 aromatic heterocycles. The summed E-state index contributed by atoms with van der Waals surface area (Å²) in [5, 5.41) is 0.655. The predicted octanol–water partition coefficient (Wildman–Crippen LogP) is 6.34. The zero-order valence-electron chi connectivity index (χ0n) is 21.5. The van der Waals surface area contributed by atoms with Gasteiger partial charge in [0.15, 0.2) is 16.7 Å². The van der Waals surface area contributed by atoms with Crippen LogP contribution in [0.4, 0.5) is 0 Å². The highest BCUT2D eigenvalue weighted by atomic mass is 35.5. The molecule has 202 valence electrons. The lowest BCUT2D eigenvalue weighted by molar-refractivity contribution is -0.121. The number of benzene rings is 3. The highest BCUT2D eigenvalue weighted by molar-refractivity contribution is 8.19. The number of carbonyl (C=O) groups is 1. The Balaban J connectivity index is 1.62. The molecule has 0 atom stereocenters. The van der Waals surface area contributed by atoms with Crippen molar-refractivity contribution in [3.05, 3.63) is 106 Å². The van der Waals surface area contributed by atoms with Crippen LogP contribution in [0.3, 0.4) is 0 Å². The monoisotopic (exact) mass is 582 g/mol. The molecule has 0 spiro atoms. The molecule has 0 saturated carbocycles. The van der Waals surface area contributed by atoms with E-state index in [0.29, 0.717) is 27.0 Å². The van der Waals surface area contributed by atoms with E-state index in [1.165, 1.54) is 30.2 Å². The number of methoxy groups -OCH3 is 1. The number of hydrogen-bond acceptors (Lipinski definition) is 6. The Morgan fingerprint density at radius 3 is 2.49 bits per heavy atom. The van der Waals surface area contributed by atoms with Crippen LogP contribution in [0.5, 0.6) is 11.5 Å². The average Bonchev–Trinajstić information content (AvgIpc) is 3.21. The molecule has 4 rings (SSSR count). The lowest BCUT2D eigenvalue weighted by Gasteiger charge is -2.13. The maximum atomic E-state index is 13.2. The molecule has 39 heavy (non-hydrogen) atoms. The van der Waals surface area contributed by atoms with Crippen LogP contribution in [0.15, 0.2) is 93.6 Å². The van der Waals surface area contributed by atoms with Crippen LogP contribution in [0.1, 0.15) is 23.6 Å². The van der Waals surface area contributed by atoms with Crippen molar-refractivity contribution in [2.45, 2.75) is 24.8 Å². The molecule has 0 unspecified atom stereocenters. The van der Waals surface area contributed by atoms with E-state index in [2.05, 4.69) is 11.0 Å². The third-order valence-electron chi connectivity index (χ3n) is 5.85. The standard InChI is InChI=1S/C29H27ClN2O5S2/c1-4-16-32-28(33)27(38-29(32)31-39(34,35)23-13-10-20(5-2)11-14-23)18-21-12-15-25(36-3)26(17-21)37-19-22-8-6-7-9-24(22)30/h4,6-15,17-18H,1,5,16,19H2,2-3H3/b27-18-,31-29?. The number of aryl methyl sites for hydroxylation is 1. The lowest BCUT2D eigenvalue weighted by atomic mass is 10.1. The van der Waals surface area contributed by atoms with E-state index in [-0.39, 0.29) is 29.1 Å². The maximum absolute atomic E-state index is 13.2. The Hall–Kier alpha value is -3.53. The first-order valence-electron chi connectivity index (χ1n) is 12.1. The number of hydrogen-bond donors (Lipinski definition) is 0. The first-order chi connectivity index (χ1) is 18.7. The van der Waals surface area contributed by atoms with E-state index >= 15 is 0 Å². The number of ether oxygens (including phenoxy) is 2. The van der Waals surface area contributed by atoms with Gasteiger partial charge in [-0.1, -0.05) is 61.0 Å². The number of sulfonamides is 1. The number of nitrogens with zero attached hydrogens (tertiary/aromatic N) is 2. The van der Waals surface area contributed by atoms with Crippen LogP contribution in [-0.2, 0) is 27.8 Å². The van der Waals surface area contributed by atoms with Gasteiger partial charge in [0.25, 0.3) is 15.9 Å². The zero-order chi connectivity index (χ0) is 28.0. The number of amides is 1. The van der Waals surface area contributed by atoms with E-state index in [0.717, 1.165) is 29.3 Å². The molecule has 7 nitrogen and oxygen atoms in total. The van der Waals surface area contributed by atoms with E-state index in [1.807, 2.05) is 25.1 Å². The van der Waals surface area contributed by atoms with Gasteiger partial charge in [-0.2, -0.15) is 8.42 Å². The number of halogens is 1. The molecule has 1 aliphatic heterocycles. The zero-order valence-corrected chi connectivity index (χ0v) is 23.9. The van der Waals surface area contributed by atoms with Crippen molar-refractivity contribution >= 4 is 50.5 Å². The Morgan fingerprint density at radius 1 is 1.08 bits per heavy atom. The number of thioether (sulfide) groups is 1. The van der Waals surface area contributed by atoms with Crippen LogP contribution in [0.2, 0.25) is 5.02 Å². The molecule has 1 heterocycles. The van der Waals surface area contributed by atoms with Crippen LogP contribution < -0.4 is 9.47 Å². The highest BCUT2D eigenvalue weighted by Gasteiger charge is 2.34. The Labute approximate surface area is 237 Å². The fourth-order valence-electron chi connectivity index (χ4n) is 3.74. The van der Waals surface area contributed by atoms with Crippen LogP contribution in [-0.4, -0.2) is 38.0 Å². The number of amidine groups is 1. The smallest absolute Gasteiger partial charge is 0.284 e. The van der Waals surface area contributed by atoms with Crippen LogP contribution in [0, 0.1) is 0 Å². The van der Waals surface area contributed by atoms with Crippen molar-refractivity contribution in [3.63, 3.8) is 0 Å². The van der Waals surface area contributed by atoms with Gasteiger partial charge >= 0.3 is 0 Å². The Bertz CT molecular complexity index is 1550. The fourth-order valence-corrected chi connectivity index (χ4v) is 6.12. The second kappa shape index (κ2) is 12.5. The van der Waals surface area contributed by atoms with Gasteiger partial charge in [-0.15, -0.1) is 11.0 Å². The van der Waals surface area contributed by atoms with Crippen LogP contribution in [0.25, 0.3) is 6.08 Å². The van der Waals surface area contributed by atoms with Gasteiger partial charge in [-0.3, -0.25) is 9.69 Å². The van der Waals surface area contributed by atoms with Gasteiger partial charge in [0, 0.05) is 17.1 Å². The van der Waals surface area contributed by atoms with Gasteiger partial charge in [0.05, 0.1) is 16.9 Å². The summed E-state index contributed by atoms with van der Waals surface area (Å²) in [6.45, 7) is 6.02. The van der Waals surface area contributed by atoms with E-state index in [1.54, 1.807) is 42.5 Å². The fraction of sp³-hybridized carbons (Fsp3) is 0.172. The predicted molar refractivity (Wildman–Crippen MR) is 157 cm³/mol. The maximum Gasteiger partial charge on any atom is 0.284 e. The summed E-state index contributed by atoms with van der Waals surface area (Å²) in [6.07, 6.45) is 3.97. The number of rotatable bonds is 10. The molecule has 0 radical (unpaired) electrons. The minimum absolute atomic E-state index is 0.0618. The third-order valence-corrected chi connectivity index (χ3v) is 8.63. The highest BCUT2D eigenvalue weighted by Crippen LogP contribution is 2.36. The topological polar surface area (TPSA) is 85.3 Å². The van der Waals surface area contributed by atoms with Crippen molar-refractivity contribution in [2.24, 2.45) is 4.40 Å². The molecule has 10 heteroatoms. The van der Waals surface area contributed by atoms with Crippen molar-refractivity contribution < 1.29 is 22.7 Å². The molecule has 1 aliphatic rings. The van der Waals surface area contributed by atoms with Crippen molar-refractivity contribution in [2.75, 3.05) is 13.7 Å². The Morgan fingerprint density at radius 2 is 1.82 bits per heavy atom. The quantitative estimate of drug-likeness (QED) is 0.205. The molecule has 0 aliphatic carbocycles. The summed E-state index contributed by atoms with van der Waals surface area (Å²) in [6, 6.07) is 19.2. The SMILES string of the molecule is C=CCN1C(=O)/C(=C/c2ccc(OC)c(OCc3ccccc3Cl)c2)SC1=NS(=O)(=O)c1ccc(CC)cc1. The number of carbonyl (C=O) groups excluding carboxylic acids is 1. The minimum atomic E-state index is -4.03. The first kappa shape index (κ1) is 28.5. The van der Waals surface area contributed by atoms with Crippen LogP contribution >= 0.6 is 23.4 Å². The summed E-state index contributed by atoms with van der Waals surface area (Å²) in [5.41, 5.74) is 2.50. The normalized spacial score (nSPS) is 15.7. The largest absolute Gasteiger partial charge is 0.493 e. The molecular formula is C29H27ClN2O5S2. The first-order valence-corrected chi connectivity index (χ1v) is 14.7. The van der Waals surface area contributed by atoms with E-state index in [4.69, 9.17) is 21.1 Å². The summed E-state index contributed by atoms with van der Waals surface area (Å²) >= 11 is 7.24. The van der Waals surface area contributed by atoms with Crippen molar-refractivity contribution in [1.29, 1.82) is 0 Å². The second-order valence-electron chi connectivity index (χ2n) is 8.45. The third kappa shape index (κ3) is 6.73. The minimum Gasteiger partial charge on any atom is -0.493 e. The molecule has 1 amide bonds. The summed E-state index contributed by atoms with van der Waals surface area (Å²) in [5.74, 6) is 0.618. The molecule has 1 saturated heterocycles. The lowest BCUT2D eigenvalue weighted by Crippen LogP contribution is -2.29. The van der Waals surface area contributed by atoms with Gasteiger partial charge in [0.2, 0.25) is 0 Å². The van der Waals surface area contributed by atoms with Crippen molar-refractivity contribution in [3.8, 4) is 11.5 Å².